The van der Waals surface area contributed by atoms with E-state index in [-0.39, 0.29) is 22.5 Å². The molecule has 12 heteroatoms. The maximum Gasteiger partial charge on any atom is 0.339 e. The number of rotatable bonds is 12. The van der Waals surface area contributed by atoms with E-state index in [2.05, 4.69) is 45.5 Å². The Hall–Kier alpha value is -6.04. The van der Waals surface area contributed by atoms with Gasteiger partial charge < -0.3 is 41.7 Å². The number of carboxylic acid groups (broad SMARTS) is 2. The second-order valence-corrected chi connectivity index (χ2v) is 11.4. The first kappa shape index (κ1) is 35.8. The van der Waals surface area contributed by atoms with E-state index in [1.54, 1.807) is 0 Å². The number of phenols is 2. The third kappa shape index (κ3) is 8.66. The predicted octanol–water partition coefficient (Wildman–Crippen LogP) is 7.62. The summed E-state index contributed by atoms with van der Waals surface area (Å²) in [5.41, 5.74) is 7.01. The molecule has 0 atom stereocenters. The van der Waals surface area contributed by atoms with Crippen molar-refractivity contribution >= 4 is 46.8 Å². The lowest BCUT2D eigenvalue weighted by Gasteiger charge is -2.19. The van der Waals surface area contributed by atoms with Gasteiger partial charge in [-0.25, -0.2) is 19.2 Å². The fourth-order valence-corrected chi connectivity index (χ4v) is 5.68. The van der Waals surface area contributed by atoms with Crippen LogP contribution in [0, 0.1) is 0 Å². The maximum absolute atomic E-state index is 13.0. The highest BCUT2D eigenvalue weighted by atomic mass is 16.4. The molecule has 4 aromatic rings. The Bertz CT molecular complexity index is 1730. The Kier molecular flexibility index (Phi) is 11.5. The minimum Gasteiger partial charge on any atom is -0.507 e. The summed E-state index contributed by atoms with van der Waals surface area (Å²) in [5, 5.41) is 49.3. The number of carboxylic acids is 2. The van der Waals surface area contributed by atoms with Crippen molar-refractivity contribution in [3.05, 3.63) is 105 Å². The van der Waals surface area contributed by atoms with Crippen LogP contribution in [0.4, 0.5) is 32.3 Å². The van der Waals surface area contributed by atoms with Crippen molar-refractivity contribution in [3.8, 4) is 11.5 Å². The van der Waals surface area contributed by atoms with Gasteiger partial charge in [0.15, 0.2) is 0 Å². The van der Waals surface area contributed by atoms with Gasteiger partial charge in [0.05, 0.1) is 0 Å². The summed E-state index contributed by atoms with van der Waals surface area (Å²) in [6.07, 6.45) is 3.19. The van der Waals surface area contributed by atoms with E-state index in [1.165, 1.54) is 36.4 Å². The molecule has 0 spiro atoms. The molecule has 0 aliphatic heterocycles. The summed E-state index contributed by atoms with van der Waals surface area (Å²) in [5.74, 6) is -3.41. The van der Waals surface area contributed by atoms with Crippen molar-refractivity contribution in [2.24, 2.45) is 0 Å². The van der Waals surface area contributed by atoms with Crippen LogP contribution >= 0.6 is 0 Å². The van der Waals surface area contributed by atoms with Crippen LogP contribution in [-0.4, -0.2) is 44.4 Å². The molecule has 0 bridgehead atoms. The topological polar surface area (TPSA) is 197 Å². The van der Waals surface area contributed by atoms with Gasteiger partial charge in [-0.1, -0.05) is 52.0 Å². The molecule has 256 valence electrons. The Morgan fingerprint density at radius 2 is 0.837 bits per heavy atom. The molecule has 49 heavy (non-hydrogen) atoms. The molecule has 0 radical (unpaired) electrons. The minimum absolute atomic E-state index is 0.224. The summed E-state index contributed by atoms with van der Waals surface area (Å²) in [7, 11) is 0. The molecule has 0 aliphatic rings. The summed E-state index contributed by atoms with van der Waals surface area (Å²) < 4.78 is 0. The lowest BCUT2D eigenvalue weighted by molar-refractivity contribution is 0.0682. The molecular weight excluding hydrogens is 628 g/mol. The van der Waals surface area contributed by atoms with Crippen LogP contribution < -0.4 is 21.3 Å². The Labute approximate surface area is 283 Å². The van der Waals surface area contributed by atoms with Gasteiger partial charge in [0.25, 0.3) is 0 Å². The number of benzene rings is 4. The van der Waals surface area contributed by atoms with Gasteiger partial charge in [0.1, 0.15) is 22.6 Å². The molecule has 0 fully saturated rings. The first-order chi connectivity index (χ1) is 23.4. The normalized spacial score (nSPS) is 10.7. The van der Waals surface area contributed by atoms with Crippen LogP contribution in [0.2, 0.25) is 0 Å². The summed E-state index contributed by atoms with van der Waals surface area (Å²) >= 11 is 0. The van der Waals surface area contributed by atoms with E-state index in [0.29, 0.717) is 43.5 Å². The van der Waals surface area contributed by atoms with Crippen molar-refractivity contribution in [1.29, 1.82) is 0 Å². The van der Waals surface area contributed by atoms with Crippen LogP contribution in [0.1, 0.15) is 81.8 Å². The van der Waals surface area contributed by atoms with Crippen LogP contribution in [0.25, 0.3) is 0 Å². The lowest BCUT2D eigenvalue weighted by Crippen LogP contribution is -2.22. The van der Waals surface area contributed by atoms with Gasteiger partial charge in [-0.05, 0) is 102 Å². The number of aromatic carboxylic acids is 2. The van der Waals surface area contributed by atoms with Gasteiger partial charge in [-0.2, -0.15) is 0 Å². The Morgan fingerprint density at radius 3 is 1.12 bits per heavy atom. The molecule has 0 aromatic heterocycles. The third-order valence-electron chi connectivity index (χ3n) is 8.10. The molecule has 4 aromatic carbocycles. The highest BCUT2D eigenvalue weighted by Crippen LogP contribution is 2.31. The summed E-state index contributed by atoms with van der Waals surface area (Å²) in [4.78, 5) is 48.7. The van der Waals surface area contributed by atoms with Crippen LogP contribution in [0.3, 0.4) is 0 Å². The van der Waals surface area contributed by atoms with E-state index in [9.17, 15) is 39.6 Å². The molecule has 0 aliphatic carbocycles. The zero-order valence-electron chi connectivity index (χ0n) is 27.7. The molecule has 12 nitrogen and oxygen atoms in total. The molecular formula is C37H40N4O8. The SMILES string of the molecule is CCc1cc(Cc2cc(CC)c(NC(=O)Nc3ccc(O)c(C(=O)O)c3)c(CC)c2)cc(CC)c1NC(=O)Nc1ccc(O)c(C(=O)O)c1. The molecule has 4 amide bonds. The minimum atomic E-state index is -1.31. The van der Waals surface area contributed by atoms with Crippen molar-refractivity contribution < 1.29 is 39.6 Å². The fourth-order valence-electron chi connectivity index (χ4n) is 5.68. The summed E-state index contributed by atoms with van der Waals surface area (Å²) in [6.45, 7) is 7.99. The van der Waals surface area contributed by atoms with E-state index in [1.807, 2.05) is 27.7 Å². The Balaban J connectivity index is 1.55. The Morgan fingerprint density at radius 1 is 0.510 bits per heavy atom. The number of amides is 4. The van der Waals surface area contributed by atoms with Gasteiger partial charge >= 0.3 is 24.0 Å². The third-order valence-corrected chi connectivity index (χ3v) is 8.10. The molecule has 0 heterocycles. The zero-order valence-corrected chi connectivity index (χ0v) is 27.7. The zero-order chi connectivity index (χ0) is 35.8. The fraction of sp³-hybridized carbons (Fsp3) is 0.243. The van der Waals surface area contributed by atoms with Crippen LogP contribution in [0.15, 0.2) is 60.7 Å². The number of hydrogen-bond acceptors (Lipinski definition) is 6. The summed E-state index contributed by atoms with van der Waals surface area (Å²) in [6, 6.07) is 14.8. The van der Waals surface area contributed by atoms with E-state index < -0.39 is 35.5 Å². The number of aryl methyl sites for hydroxylation is 4. The quantitative estimate of drug-likeness (QED) is 0.0705. The highest BCUT2D eigenvalue weighted by molar-refractivity contribution is 6.03. The number of hydrogen-bond donors (Lipinski definition) is 8. The first-order valence-electron chi connectivity index (χ1n) is 15.9. The van der Waals surface area contributed by atoms with E-state index in [4.69, 9.17) is 0 Å². The largest absolute Gasteiger partial charge is 0.507 e. The molecule has 0 saturated heterocycles. The number of carbonyl (C=O) groups is 4. The van der Waals surface area contributed by atoms with E-state index >= 15 is 0 Å². The predicted molar refractivity (Wildman–Crippen MR) is 189 cm³/mol. The van der Waals surface area contributed by atoms with Crippen molar-refractivity contribution in [2.75, 3.05) is 21.3 Å². The van der Waals surface area contributed by atoms with Crippen molar-refractivity contribution in [3.63, 3.8) is 0 Å². The first-order valence-corrected chi connectivity index (χ1v) is 15.9. The second-order valence-electron chi connectivity index (χ2n) is 11.4. The van der Waals surface area contributed by atoms with E-state index in [0.717, 1.165) is 33.4 Å². The lowest BCUT2D eigenvalue weighted by atomic mass is 9.92. The molecule has 0 unspecified atom stereocenters. The van der Waals surface area contributed by atoms with Crippen LogP contribution in [0.5, 0.6) is 11.5 Å². The smallest absolute Gasteiger partial charge is 0.339 e. The van der Waals surface area contributed by atoms with Gasteiger partial charge in [0, 0.05) is 22.7 Å². The standard InChI is InChI=1S/C37H40N4O8/c1-5-22-14-20(15-23(6-2)32(22)40-36(48)38-26-9-11-30(42)28(18-26)34(44)45)13-21-16-24(7-3)33(25(8-4)17-21)41-37(49)39-27-10-12-31(43)29(19-27)35(46)47/h9-12,14-19,42-43H,5-8,13H2,1-4H3,(H,44,45)(H,46,47)(H2,38,40,48)(H2,39,41,49). The average Bonchev–Trinajstić information content (AvgIpc) is 3.06. The second kappa shape index (κ2) is 15.7. The number of aromatic hydroxyl groups is 2. The molecule has 8 N–H and O–H groups in total. The van der Waals surface area contributed by atoms with Crippen LogP contribution in [-0.2, 0) is 32.1 Å². The van der Waals surface area contributed by atoms with Gasteiger partial charge in [0.2, 0.25) is 0 Å². The van der Waals surface area contributed by atoms with Gasteiger partial charge in [-0.15, -0.1) is 0 Å². The monoisotopic (exact) mass is 668 g/mol. The number of nitrogens with one attached hydrogen (secondary N) is 4. The number of anilines is 4. The number of carbonyl (C=O) groups excluding carboxylic acids is 2. The highest BCUT2D eigenvalue weighted by Gasteiger charge is 2.18. The van der Waals surface area contributed by atoms with Crippen molar-refractivity contribution in [2.45, 2.75) is 59.8 Å². The van der Waals surface area contributed by atoms with Crippen molar-refractivity contribution in [1.82, 2.24) is 0 Å². The number of urea groups is 2. The van der Waals surface area contributed by atoms with Gasteiger partial charge in [-0.3, -0.25) is 0 Å². The average molecular weight is 669 g/mol. The molecule has 4 rings (SSSR count). The maximum atomic E-state index is 13.0. The molecule has 0 saturated carbocycles.